The molecule has 0 atom stereocenters. The minimum Gasteiger partial charge on any atom is -0.349 e. The van der Waals surface area contributed by atoms with Crippen LogP contribution >= 0.6 is 11.3 Å². The Morgan fingerprint density at radius 1 is 1.47 bits per heavy atom. The van der Waals surface area contributed by atoms with E-state index in [1.807, 2.05) is 25.1 Å². The molecule has 1 aromatic carbocycles. The second kappa shape index (κ2) is 5.80. The van der Waals surface area contributed by atoms with Crippen LogP contribution < -0.4 is 5.32 Å². The van der Waals surface area contributed by atoms with E-state index in [9.17, 15) is 4.79 Å². The number of amides is 1. The molecule has 0 aliphatic rings. The first-order chi connectivity index (χ1) is 9.11. The number of thiazole rings is 1. The number of aryl methyl sites for hydroxylation is 2. The molecule has 2 rings (SSSR count). The van der Waals surface area contributed by atoms with Gasteiger partial charge in [0.15, 0.2) is 0 Å². The minimum atomic E-state index is -0.0910. The number of nitrogens with zero attached hydrogens (tertiary/aromatic N) is 1. The number of rotatable bonds is 4. The molecule has 0 spiro atoms. The molecule has 0 aliphatic carbocycles. The van der Waals surface area contributed by atoms with E-state index in [0.29, 0.717) is 12.1 Å². The van der Waals surface area contributed by atoms with E-state index in [-0.39, 0.29) is 5.91 Å². The molecule has 0 aliphatic heterocycles. The maximum absolute atomic E-state index is 11.9. The van der Waals surface area contributed by atoms with Crippen molar-refractivity contribution in [2.45, 2.75) is 13.8 Å². The zero-order valence-electron chi connectivity index (χ0n) is 11.1. The maximum atomic E-state index is 11.9. The summed E-state index contributed by atoms with van der Waals surface area (Å²) in [6.07, 6.45) is 1.66. The van der Waals surface area contributed by atoms with E-state index >= 15 is 0 Å². The summed E-state index contributed by atoms with van der Waals surface area (Å²) in [5, 5.41) is 3.72. The van der Waals surface area contributed by atoms with E-state index in [2.05, 4.69) is 23.8 Å². The van der Waals surface area contributed by atoms with E-state index < -0.39 is 0 Å². The van der Waals surface area contributed by atoms with Gasteiger partial charge in [0.1, 0.15) is 5.01 Å². The van der Waals surface area contributed by atoms with Gasteiger partial charge in [0.25, 0.3) is 5.91 Å². The van der Waals surface area contributed by atoms with Gasteiger partial charge in [-0.1, -0.05) is 18.2 Å². The van der Waals surface area contributed by atoms with Gasteiger partial charge in [-0.3, -0.25) is 4.79 Å². The Morgan fingerprint density at radius 2 is 2.26 bits per heavy atom. The largest absolute Gasteiger partial charge is 0.349 e. The fourth-order valence-corrected chi connectivity index (χ4v) is 2.57. The van der Waals surface area contributed by atoms with Crippen LogP contribution in [0.2, 0.25) is 0 Å². The van der Waals surface area contributed by atoms with Crippen molar-refractivity contribution in [2.75, 3.05) is 6.54 Å². The van der Waals surface area contributed by atoms with Gasteiger partial charge < -0.3 is 5.32 Å². The lowest BCUT2D eigenvalue weighted by Crippen LogP contribution is -2.23. The lowest BCUT2D eigenvalue weighted by atomic mass is 10.1. The zero-order valence-corrected chi connectivity index (χ0v) is 11.9. The number of aromatic nitrogens is 1. The lowest BCUT2D eigenvalue weighted by Gasteiger charge is -2.03. The number of carbonyl (C=O) groups is 1. The number of hydrogen-bond donors (Lipinski definition) is 1. The summed E-state index contributed by atoms with van der Waals surface area (Å²) in [5.74, 6) is -0.0910. The highest BCUT2D eigenvalue weighted by Crippen LogP contribution is 2.27. The van der Waals surface area contributed by atoms with Gasteiger partial charge in [0.2, 0.25) is 0 Å². The summed E-state index contributed by atoms with van der Waals surface area (Å²) >= 11 is 1.65. The minimum absolute atomic E-state index is 0.0910. The van der Waals surface area contributed by atoms with Crippen molar-refractivity contribution in [1.82, 2.24) is 10.3 Å². The van der Waals surface area contributed by atoms with Crippen LogP contribution in [0.25, 0.3) is 10.6 Å². The molecule has 1 N–H and O–H groups in total. The van der Waals surface area contributed by atoms with Crippen molar-refractivity contribution in [1.29, 1.82) is 0 Å². The third kappa shape index (κ3) is 3.09. The Bertz CT molecular complexity index is 597. The molecule has 4 heteroatoms. The summed E-state index contributed by atoms with van der Waals surface area (Å²) in [5.41, 5.74) is 2.67. The molecule has 3 nitrogen and oxygen atoms in total. The van der Waals surface area contributed by atoms with Crippen LogP contribution in [-0.4, -0.2) is 17.4 Å². The fraction of sp³-hybridized carbons (Fsp3) is 0.200. The number of benzene rings is 1. The van der Waals surface area contributed by atoms with Crippen molar-refractivity contribution in [3.05, 3.63) is 53.1 Å². The topological polar surface area (TPSA) is 42.0 Å². The van der Waals surface area contributed by atoms with E-state index in [1.165, 1.54) is 4.88 Å². The first-order valence-corrected chi connectivity index (χ1v) is 6.87. The van der Waals surface area contributed by atoms with Crippen LogP contribution in [-0.2, 0) is 0 Å². The van der Waals surface area contributed by atoms with E-state index in [0.717, 1.165) is 16.3 Å². The smallest absolute Gasteiger partial charge is 0.251 e. The zero-order chi connectivity index (χ0) is 13.8. The Kier molecular flexibility index (Phi) is 4.12. The van der Waals surface area contributed by atoms with Crippen LogP contribution in [0, 0.1) is 13.8 Å². The third-order valence-electron chi connectivity index (χ3n) is 2.81. The van der Waals surface area contributed by atoms with Gasteiger partial charge in [-0.25, -0.2) is 4.98 Å². The third-order valence-corrected chi connectivity index (χ3v) is 3.93. The molecule has 1 aromatic heterocycles. The Hall–Kier alpha value is -1.94. The standard InChI is InChI=1S/C15H16N2OS/c1-4-8-16-14(18)12-6-5-7-13(9-12)15-17-10(2)11(3)19-15/h4-7,9H,1,8H2,2-3H3,(H,16,18). The van der Waals surface area contributed by atoms with Crippen LogP contribution in [0.3, 0.4) is 0 Å². The second-order valence-corrected chi connectivity index (χ2v) is 5.44. The Morgan fingerprint density at radius 3 is 2.89 bits per heavy atom. The monoisotopic (exact) mass is 272 g/mol. The molecule has 0 radical (unpaired) electrons. The van der Waals surface area contributed by atoms with E-state index in [4.69, 9.17) is 0 Å². The molecule has 0 saturated heterocycles. The molecule has 1 heterocycles. The van der Waals surface area contributed by atoms with Crippen LogP contribution in [0.4, 0.5) is 0 Å². The molecule has 19 heavy (non-hydrogen) atoms. The van der Waals surface area contributed by atoms with Gasteiger partial charge in [-0.05, 0) is 26.0 Å². The normalized spacial score (nSPS) is 10.2. The quantitative estimate of drug-likeness (QED) is 0.867. The van der Waals surface area contributed by atoms with Crippen molar-refractivity contribution in [3.63, 3.8) is 0 Å². The van der Waals surface area contributed by atoms with Gasteiger partial charge >= 0.3 is 0 Å². The highest BCUT2D eigenvalue weighted by atomic mass is 32.1. The average molecular weight is 272 g/mol. The van der Waals surface area contributed by atoms with Gasteiger partial charge in [-0.15, -0.1) is 17.9 Å². The van der Waals surface area contributed by atoms with Crippen LogP contribution in [0.5, 0.6) is 0 Å². The fourth-order valence-electron chi connectivity index (χ4n) is 1.66. The number of carbonyl (C=O) groups excluding carboxylic acids is 1. The lowest BCUT2D eigenvalue weighted by molar-refractivity contribution is 0.0958. The van der Waals surface area contributed by atoms with Crippen molar-refractivity contribution >= 4 is 17.2 Å². The molecule has 1 amide bonds. The summed E-state index contributed by atoms with van der Waals surface area (Å²) in [7, 11) is 0. The van der Waals surface area contributed by atoms with Gasteiger partial charge in [-0.2, -0.15) is 0 Å². The predicted molar refractivity (Wildman–Crippen MR) is 79.6 cm³/mol. The maximum Gasteiger partial charge on any atom is 0.251 e. The Labute approximate surface area is 117 Å². The first kappa shape index (κ1) is 13.5. The predicted octanol–water partition coefficient (Wildman–Crippen LogP) is 3.34. The first-order valence-electron chi connectivity index (χ1n) is 6.05. The van der Waals surface area contributed by atoms with Gasteiger partial charge in [0.05, 0.1) is 5.69 Å². The van der Waals surface area contributed by atoms with Crippen LogP contribution in [0.1, 0.15) is 20.9 Å². The average Bonchev–Trinajstić information content (AvgIpc) is 2.76. The SMILES string of the molecule is C=CCNC(=O)c1cccc(-c2nc(C)c(C)s2)c1. The van der Waals surface area contributed by atoms with Gasteiger partial charge in [0, 0.05) is 22.5 Å². The molecule has 2 aromatic rings. The molecular weight excluding hydrogens is 256 g/mol. The summed E-state index contributed by atoms with van der Waals surface area (Å²) in [6, 6.07) is 7.53. The molecule has 0 unspecified atom stereocenters. The summed E-state index contributed by atoms with van der Waals surface area (Å²) < 4.78 is 0. The number of hydrogen-bond acceptors (Lipinski definition) is 3. The van der Waals surface area contributed by atoms with Crippen molar-refractivity contribution in [2.24, 2.45) is 0 Å². The Balaban J connectivity index is 2.28. The highest BCUT2D eigenvalue weighted by molar-refractivity contribution is 7.15. The highest BCUT2D eigenvalue weighted by Gasteiger charge is 2.09. The summed E-state index contributed by atoms with van der Waals surface area (Å²) in [4.78, 5) is 17.6. The molecular formula is C15H16N2OS. The molecule has 0 bridgehead atoms. The molecule has 0 fully saturated rings. The van der Waals surface area contributed by atoms with Crippen molar-refractivity contribution < 1.29 is 4.79 Å². The number of nitrogens with one attached hydrogen (secondary N) is 1. The van der Waals surface area contributed by atoms with E-state index in [1.54, 1.807) is 23.5 Å². The van der Waals surface area contributed by atoms with Crippen LogP contribution in [0.15, 0.2) is 36.9 Å². The molecule has 98 valence electrons. The summed E-state index contributed by atoms with van der Waals surface area (Å²) in [6.45, 7) is 8.10. The second-order valence-electron chi connectivity index (χ2n) is 4.24. The van der Waals surface area contributed by atoms with Crippen molar-refractivity contribution in [3.8, 4) is 10.6 Å². The molecule has 0 saturated carbocycles.